The van der Waals surface area contributed by atoms with Crippen LogP contribution in [0.5, 0.6) is 0 Å². The summed E-state index contributed by atoms with van der Waals surface area (Å²) in [5, 5.41) is 0. The van der Waals surface area contributed by atoms with Gasteiger partial charge in [-0.1, -0.05) is 26.7 Å². The lowest BCUT2D eigenvalue weighted by atomic mass is 9.62. The van der Waals surface area contributed by atoms with E-state index in [4.69, 9.17) is 5.73 Å². The molecular formula is C12H21N3O. The summed E-state index contributed by atoms with van der Waals surface area (Å²) in [6.45, 7) is 7.09. The monoisotopic (exact) mass is 223 g/mol. The first kappa shape index (κ1) is 11.4. The molecule has 1 fully saturated rings. The number of likely N-dealkylation sites (N-methyl/N-ethyl adjacent to an activating group) is 1. The quantitative estimate of drug-likeness (QED) is 0.740. The van der Waals surface area contributed by atoms with Crippen LogP contribution in [0.15, 0.2) is 4.99 Å². The van der Waals surface area contributed by atoms with Crippen LogP contribution in [-0.4, -0.2) is 28.9 Å². The molecule has 0 aromatic heterocycles. The summed E-state index contributed by atoms with van der Waals surface area (Å²) in [5.74, 6) is 0.532. The van der Waals surface area contributed by atoms with E-state index in [1.165, 1.54) is 6.42 Å². The molecule has 90 valence electrons. The molecule has 1 atom stereocenters. The maximum Gasteiger partial charge on any atom is 0.346 e. The van der Waals surface area contributed by atoms with E-state index in [1.54, 1.807) is 0 Å². The standard InChI is InChI=1S/C12H21N3O/c1-4-15-10(16)14-9(13)12(15)8-6-5-7-11(12,2)3/h4-8H2,1-3H3,(H2,13,14,16). The lowest BCUT2D eigenvalue weighted by Crippen LogP contribution is -2.64. The van der Waals surface area contributed by atoms with Crippen molar-refractivity contribution in [1.29, 1.82) is 0 Å². The van der Waals surface area contributed by atoms with Gasteiger partial charge in [-0.2, -0.15) is 4.99 Å². The third-order valence-electron chi connectivity index (χ3n) is 4.36. The molecule has 0 aromatic rings. The summed E-state index contributed by atoms with van der Waals surface area (Å²) < 4.78 is 0. The van der Waals surface area contributed by atoms with Gasteiger partial charge < -0.3 is 10.6 Å². The summed E-state index contributed by atoms with van der Waals surface area (Å²) in [7, 11) is 0. The van der Waals surface area contributed by atoms with Crippen molar-refractivity contribution in [1.82, 2.24) is 4.90 Å². The van der Waals surface area contributed by atoms with Crippen LogP contribution in [0, 0.1) is 5.41 Å². The van der Waals surface area contributed by atoms with Gasteiger partial charge in [-0.15, -0.1) is 0 Å². The van der Waals surface area contributed by atoms with Crippen LogP contribution in [0.2, 0.25) is 0 Å². The summed E-state index contributed by atoms with van der Waals surface area (Å²) in [5.41, 5.74) is 5.77. The lowest BCUT2D eigenvalue weighted by Gasteiger charge is -2.52. The van der Waals surface area contributed by atoms with Crippen molar-refractivity contribution >= 4 is 11.9 Å². The molecule has 1 unspecified atom stereocenters. The highest BCUT2D eigenvalue weighted by atomic mass is 16.2. The van der Waals surface area contributed by atoms with Gasteiger partial charge in [0.2, 0.25) is 0 Å². The van der Waals surface area contributed by atoms with Gasteiger partial charge >= 0.3 is 6.03 Å². The van der Waals surface area contributed by atoms with Crippen LogP contribution < -0.4 is 5.73 Å². The first-order valence-electron chi connectivity index (χ1n) is 6.12. The van der Waals surface area contributed by atoms with E-state index in [9.17, 15) is 4.79 Å². The minimum absolute atomic E-state index is 0.0288. The molecule has 16 heavy (non-hydrogen) atoms. The van der Waals surface area contributed by atoms with E-state index in [0.29, 0.717) is 12.4 Å². The number of nitrogens with two attached hydrogens (primary N) is 1. The molecular weight excluding hydrogens is 202 g/mol. The molecule has 4 nitrogen and oxygen atoms in total. The largest absolute Gasteiger partial charge is 0.385 e. The van der Waals surface area contributed by atoms with Gasteiger partial charge in [-0.25, -0.2) is 4.79 Å². The number of urea groups is 1. The van der Waals surface area contributed by atoms with Crippen LogP contribution >= 0.6 is 0 Å². The predicted molar refractivity (Wildman–Crippen MR) is 64.4 cm³/mol. The van der Waals surface area contributed by atoms with E-state index >= 15 is 0 Å². The Kier molecular flexibility index (Phi) is 2.48. The van der Waals surface area contributed by atoms with E-state index in [2.05, 4.69) is 18.8 Å². The molecule has 2 amide bonds. The number of carbonyl (C=O) groups is 1. The van der Waals surface area contributed by atoms with Gasteiger partial charge in [0, 0.05) is 6.54 Å². The smallest absolute Gasteiger partial charge is 0.346 e. The first-order valence-corrected chi connectivity index (χ1v) is 6.12. The average molecular weight is 223 g/mol. The fourth-order valence-electron chi connectivity index (χ4n) is 3.43. The van der Waals surface area contributed by atoms with Gasteiger partial charge in [-0.05, 0) is 25.2 Å². The highest BCUT2D eigenvalue weighted by Gasteiger charge is 2.57. The topological polar surface area (TPSA) is 58.7 Å². The second-order valence-electron chi connectivity index (χ2n) is 5.48. The molecule has 0 bridgehead atoms. The molecule has 2 rings (SSSR count). The Morgan fingerprint density at radius 1 is 1.38 bits per heavy atom. The minimum Gasteiger partial charge on any atom is -0.385 e. The number of amides is 2. The van der Waals surface area contributed by atoms with Crippen LogP contribution in [0.4, 0.5) is 4.79 Å². The Hall–Kier alpha value is -1.06. The molecule has 1 aliphatic heterocycles. The number of aliphatic imine (C=N–C) groups is 1. The van der Waals surface area contributed by atoms with Crippen molar-refractivity contribution < 1.29 is 4.79 Å². The fourth-order valence-corrected chi connectivity index (χ4v) is 3.43. The molecule has 1 heterocycles. The second-order valence-corrected chi connectivity index (χ2v) is 5.48. The van der Waals surface area contributed by atoms with Gasteiger partial charge in [0.25, 0.3) is 0 Å². The Labute approximate surface area is 96.9 Å². The normalized spacial score (nSPS) is 33.3. The Bertz CT molecular complexity index is 348. The van der Waals surface area contributed by atoms with Crippen molar-refractivity contribution in [2.24, 2.45) is 16.1 Å². The summed E-state index contributed by atoms with van der Waals surface area (Å²) >= 11 is 0. The highest BCUT2D eigenvalue weighted by molar-refractivity contribution is 6.06. The number of carbonyl (C=O) groups excluding carboxylic acids is 1. The van der Waals surface area contributed by atoms with E-state index < -0.39 is 0 Å². The Morgan fingerprint density at radius 3 is 2.56 bits per heavy atom. The molecule has 4 heteroatoms. The average Bonchev–Trinajstić information content (AvgIpc) is 2.44. The Morgan fingerprint density at radius 2 is 2.00 bits per heavy atom. The van der Waals surface area contributed by atoms with Crippen LogP contribution in [0.25, 0.3) is 0 Å². The van der Waals surface area contributed by atoms with Crippen molar-refractivity contribution in [2.75, 3.05) is 6.54 Å². The third kappa shape index (κ3) is 1.22. The predicted octanol–water partition coefficient (Wildman–Crippen LogP) is 2.14. The molecule has 0 aromatic carbocycles. The molecule has 2 N–H and O–H groups in total. The molecule has 0 radical (unpaired) electrons. The van der Waals surface area contributed by atoms with E-state index in [0.717, 1.165) is 19.3 Å². The van der Waals surface area contributed by atoms with Crippen molar-refractivity contribution in [2.45, 2.75) is 52.0 Å². The lowest BCUT2D eigenvalue weighted by molar-refractivity contribution is 0.0407. The molecule has 1 spiro atoms. The highest BCUT2D eigenvalue weighted by Crippen LogP contribution is 2.49. The van der Waals surface area contributed by atoms with Gasteiger partial charge in [-0.3, -0.25) is 0 Å². The van der Waals surface area contributed by atoms with Gasteiger partial charge in [0.1, 0.15) is 11.4 Å². The summed E-state index contributed by atoms with van der Waals surface area (Å²) in [6, 6.07) is -0.157. The number of amidine groups is 1. The van der Waals surface area contributed by atoms with Gasteiger partial charge in [0.05, 0.1) is 0 Å². The number of nitrogens with zero attached hydrogens (tertiary/aromatic N) is 2. The van der Waals surface area contributed by atoms with Crippen molar-refractivity contribution in [3.63, 3.8) is 0 Å². The van der Waals surface area contributed by atoms with Crippen LogP contribution in [0.1, 0.15) is 46.5 Å². The second kappa shape index (κ2) is 3.47. The molecule has 0 saturated heterocycles. The number of hydrogen-bond acceptors (Lipinski definition) is 2. The molecule has 2 aliphatic rings. The zero-order valence-corrected chi connectivity index (χ0v) is 10.4. The first-order chi connectivity index (χ1) is 7.45. The zero-order chi connectivity index (χ0) is 12.0. The maximum atomic E-state index is 11.8. The SMILES string of the molecule is CCN1C(=O)N=C(N)C12CCCCC2(C)C. The third-order valence-corrected chi connectivity index (χ3v) is 4.36. The van der Waals surface area contributed by atoms with Crippen molar-refractivity contribution in [3.8, 4) is 0 Å². The van der Waals surface area contributed by atoms with Crippen LogP contribution in [0.3, 0.4) is 0 Å². The maximum absolute atomic E-state index is 11.8. The zero-order valence-electron chi connectivity index (χ0n) is 10.4. The van der Waals surface area contributed by atoms with Crippen molar-refractivity contribution in [3.05, 3.63) is 0 Å². The fraction of sp³-hybridized carbons (Fsp3) is 0.833. The minimum atomic E-state index is -0.322. The Balaban J connectivity index is 2.48. The van der Waals surface area contributed by atoms with E-state index in [-0.39, 0.29) is 17.0 Å². The molecule has 1 aliphatic carbocycles. The summed E-state index contributed by atoms with van der Waals surface area (Å²) in [6.07, 6.45) is 4.40. The number of hydrogen-bond donors (Lipinski definition) is 1. The van der Waals surface area contributed by atoms with Gasteiger partial charge in [0.15, 0.2) is 0 Å². The van der Waals surface area contributed by atoms with E-state index in [1.807, 2.05) is 11.8 Å². The number of rotatable bonds is 1. The molecule has 1 saturated carbocycles. The summed E-state index contributed by atoms with van der Waals surface area (Å²) in [4.78, 5) is 17.7. The van der Waals surface area contributed by atoms with Crippen LogP contribution in [-0.2, 0) is 0 Å².